The molecule has 2 rings (SSSR count). The fourth-order valence-corrected chi connectivity index (χ4v) is 3.55. The van der Waals surface area contributed by atoms with Gasteiger partial charge in [0.1, 0.15) is 18.3 Å². The maximum atomic E-state index is 10.8. The molecule has 0 bridgehead atoms. The van der Waals surface area contributed by atoms with Gasteiger partial charge in [-0.2, -0.15) is 0 Å². The zero-order chi connectivity index (χ0) is 30.7. The molecule has 0 aliphatic heterocycles. The van der Waals surface area contributed by atoms with E-state index in [9.17, 15) is 9.59 Å². The van der Waals surface area contributed by atoms with Gasteiger partial charge in [-0.15, -0.1) is 0 Å². The average Bonchev–Trinajstić information content (AvgIpc) is 2.97. The highest BCUT2D eigenvalue weighted by Crippen LogP contribution is 2.27. The van der Waals surface area contributed by atoms with E-state index in [4.69, 9.17) is 18.9 Å². The van der Waals surface area contributed by atoms with E-state index in [1.54, 1.807) is 12.1 Å². The summed E-state index contributed by atoms with van der Waals surface area (Å²) >= 11 is 0. The van der Waals surface area contributed by atoms with Crippen LogP contribution in [-0.4, -0.2) is 52.2 Å². The van der Waals surface area contributed by atoms with Crippen molar-refractivity contribution >= 4 is 12.6 Å². The molecule has 0 radical (unpaired) electrons. The largest absolute Gasteiger partial charge is 0.497 e. The SMILES string of the molecule is CC.CC.CCC(C)(COCC(C)(C)COCC(C)(C)COC1=CC=C(C=O)CC1)COc1ccc(C=O)cc1. The number of carbonyl (C=O) groups is 2. The third-order valence-corrected chi connectivity index (χ3v) is 6.33. The van der Waals surface area contributed by atoms with Crippen LogP contribution in [0.5, 0.6) is 5.75 Å². The van der Waals surface area contributed by atoms with Gasteiger partial charge in [0.25, 0.3) is 0 Å². The van der Waals surface area contributed by atoms with Crippen molar-refractivity contribution in [3.8, 4) is 5.75 Å². The van der Waals surface area contributed by atoms with Crippen LogP contribution >= 0.6 is 0 Å². The molecule has 1 aromatic carbocycles. The van der Waals surface area contributed by atoms with Crippen LogP contribution < -0.4 is 4.74 Å². The van der Waals surface area contributed by atoms with Gasteiger partial charge in [0.05, 0.1) is 45.4 Å². The number of ether oxygens (including phenoxy) is 4. The first kappa shape index (κ1) is 37.6. The molecule has 0 saturated carbocycles. The predicted molar refractivity (Wildman–Crippen MR) is 165 cm³/mol. The van der Waals surface area contributed by atoms with Crippen LogP contribution in [-0.2, 0) is 19.0 Å². The summed E-state index contributed by atoms with van der Waals surface area (Å²) < 4.78 is 24.2. The van der Waals surface area contributed by atoms with Gasteiger partial charge in [0.2, 0.25) is 0 Å². The van der Waals surface area contributed by atoms with Gasteiger partial charge in [0, 0.05) is 28.2 Å². The summed E-state index contributed by atoms with van der Waals surface area (Å²) in [5.41, 5.74) is 1.08. The molecule has 1 aliphatic rings. The molecule has 0 saturated heterocycles. The predicted octanol–water partition coefficient (Wildman–Crippen LogP) is 8.25. The molecule has 0 fully saturated rings. The van der Waals surface area contributed by atoms with Crippen LogP contribution in [0.3, 0.4) is 0 Å². The van der Waals surface area contributed by atoms with Crippen molar-refractivity contribution in [3.05, 3.63) is 53.3 Å². The highest BCUT2D eigenvalue weighted by atomic mass is 16.5. The fraction of sp³-hybridized carbons (Fsp3) is 0.647. The standard InChI is InChI=1S/C30H44O6.2C2H6/c1-7-30(6,23-36-27-14-10-25(17-32)11-15-27)22-34-19-28(2,3)18-33-20-29(4,5)21-35-26-12-8-24(16-31)9-13-26;2*1-2/h8,10-12,14-17H,7,9,13,18-23H2,1-6H3;2*1-2H3. The lowest BCUT2D eigenvalue weighted by molar-refractivity contribution is -0.105. The maximum absolute atomic E-state index is 10.8. The summed E-state index contributed by atoms with van der Waals surface area (Å²) in [6.45, 7) is 24.3. The van der Waals surface area contributed by atoms with E-state index >= 15 is 0 Å². The van der Waals surface area contributed by atoms with Crippen molar-refractivity contribution in [1.29, 1.82) is 0 Å². The van der Waals surface area contributed by atoms with Crippen molar-refractivity contribution < 1.29 is 28.5 Å². The Morgan fingerprint density at radius 2 is 1.23 bits per heavy atom. The molecule has 0 heterocycles. The molecular weight excluding hydrogens is 504 g/mol. The molecule has 0 aromatic heterocycles. The minimum atomic E-state index is -0.130. The third-order valence-electron chi connectivity index (χ3n) is 6.33. The number of benzene rings is 1. The van der Waals surface area contributed by atoms with Gasteiger partial charge in [-0.1, -0.05) is 75.3 Å². The van der Waals surface area contributed by atoms with Gasteiger partial charge in [-0.25, -0.2) is 0 Å². The zero-order valence-electron chi connectivity index (χ0n) is 26.9. The Hall–Kier alpha value is -2.44. The molecule has 40 heavy (non-hydrogen) atoms. The van der Waals surface area contributed by atoms with Crippen molar-refractivity contribution in [2.75, 3.05) is 39.6 Å². The summed E-state index contributed by atoms with van der Waals surface area (Å²) in [5, 5.41) is 0. The summed E-state index contributed by atoms with van der Waals surface area (Å²) in [4.78, 5) is 21.7. The molecule has 6 heteroatoms. The highest BCUT2D eigenvalue weighted by Gasteiger charge is 2.27. The Morgan fingerprint density at radius 3 is 1.70 bits per heavy atom. The van der Waals surface area contributed by atoms with E-state index < -0.39 is 0 Å². The number of hydrogen-bond acceptors (Lipinski definition) is 6. The van der Waals surface area contributed by atoms with E-state index in [-0.39, 0.29) is 16.2 Å². The Balaban J connectivity index is 0.00000363. The Labute approximate surface area is 244 Å². The van der Waals surface area contributed by atoms with E-state index in [1.165, 1.54) is 0 Å². The van der Waals surface area contributed by atoms with Crippen LogP contribution in [0.1, 0.15) is 98.9 Å². The molecule has 0 amide bonds. The molecule has 1 aromatic rings. The topological polar surface area (TPSA) is 71.1 Å². The molecule has 1 unspecified atom stereocenters. The van der Waals surface area contributed by atoms with Crippen LogP contribution in [0.4, 0.5) is 0 Å². The van der Waals surface area contributed by atoms with Gasteiger partial charge in [0.15, 0.2) is 0 Å². The van der Waals surface area contributed by atoms with E-state index in [2.05, 4.69) is 41.5 Å². The van der Waals surface area contributed by atoms with Crippen molar-refractivity contribution in [3.63, 3.8) is 0 Å². The van der Waals surface area contributed by atoms with Crippen LogP contribution in [0.2, 0.25) is 0 Å². The van der Waals surface area contributed by atoms with Crippen LogP contribution in [0, 0.1) is 16.2 Å². The van der Waals surface area contributed by atoms with Crippen LogP contribution in [0.15, 0.2) is 47.7 Å². The second kappa shape index (κ2) is 19.6. The van der Waals surface area contributed by atoms with Gasteiger partial charge in [-0.3, -0.25) is 9.59 Å². The highest BCUT2D eigenvalue weighted by molar-refractivity contribution is 5.75. The summed E-state index contributed by atoms with van der Waals surface area (Å²) in [6, 6.07) is 7.15. The molecule has 0 spiro atoms. The minimum Gasteiger partial charge on any atom is -0.497 e. The smallest absolute Gasteiger partial charge is 0.150 e. The minimum absolute atomic E-state index is 0.116. The van der Waals surface area contributed by atoms with E-state index in [0.29, 0.717) is 45.2 Å². The number of aldehydes is 2. The first-order valence-corrected chi connectivity index (χ1v) is 14.8. The number of rotatable bonds is 17. The monoisotopic (exact) mass is 560 g/mol. The molecule has 1 atom stereocenters. The van der Waals surface area contributed by atoms with Crippen molar-refractivity contribution in [1.82, 2.24) is 0 Å². The van der Waals surface area contributed by atoms with E-state index in [1.807, 2.05) is 52.0 Å². The third kappa shape index (κ3) is 15.4. The van der Waals surface area contributed by atoms with Crippen molar-refractivity contribution in [2.45, 2.75) is 88.5 Å². The summed E-state index contributed by atoms with van der Waals surface area (Å²) in [5.74, 6) is 1.67. The summed E-state index contributed by atoms with van der Waals surface area (Å²) in [6.07, 6.45) is 7.88. The second-order valence-electron chi connectivity index (χ2n) is 11.7. The van der Waals surface area contributed by atoms with Crippen molar-refractivity contribution in [2.24, 2.45) is 16.2 Å². The molecule has 228 valence electrons. The zero-order valence-corrected chi connectivity index (χ0v) is 26.9. The molecular formula is C34H56O6. The summed E-state index contributed by atoms with van der Waals surface area (Å²) in [7, 11) is 0. The normalized spacial score (nSPS) is 14.7. The first-order chi connectivity index (χ1) is 19.0. The van der Waals surface area contributed by atoms with Gasteiger partial charge >= 0.3 is 0 Å². The Bertz CT molecular complexity index is 898. The fourth-order valence-electron chi connectivity index (χ4n) is 3.55. The maximum Gasteiger partial charge on any atom is 0.150 e. The average molecular weight is 561 g/mol. The first-order valence-electron chi connectivity index (χ1n) is 14.8. The van der Waals surface area contributed by atoms with Gasteiger partial charge < -0.3 is 18.9 Å². The number of carbonyl (C=O) groups excluding carboxylic acids is 2. The van der Waals surface area contributed by atoms with Gasteiger partial charge in [-0.05, 0) is 48.8 Å². The lowest BCUT2D eigenvalue weighted by Gasteiger charge is -2.32. The number of hydrogen-bond donors (Lipinski definition) is 0. The van der Waals surface area contributed by atoms with E-state index in [0.717, 1.165) is 48.9 Å². The molecule has 0 N–H and O–H groups in total. The van der Waals surface area contributed by atoms with Crippen LogP contribution in [0.25, 0.3) is 0 Å². The molecule has 1 aliphatic carbocycles. The lowest BCUT2D eigenvalue weighted by atomic mass is 9.89. The lowest BCUT2D eigenvalue weighted by Crippen LogP contribution is -2.34. The molecule has 6 nitrogen and oxygen atoms in total. The Kier molecular flexibility index (Phi) is 18.4. The second-order valence-corrected chi connectivity index (χ2v) is 11.7. The quantitative estimate of drug-likeness (QED) is 0.179. The number of allylic oxidation sites excluding steroid dienone is 4. The Morgan fingerprint density at radius 1 is 0.675 bits per heavy atom.